The Hall–Kier alpha value is -1.88. The van der Waals surface area contributed by atoms with Gasteiger partial charge in [0.1, 0.15) is 6.61 Å². The molecule has 0 aromatic heterocycles. The van der Waals surface area contributed by atoms with Gasteiger partial charge in [0.25, 0.3) is 0 Å². The van der Waals surface area contributed by atoms with Crippen LogP contribution in [-0.4, -0.2) is 36.4 Å². The van der Waals surface area contributed by atoms with Crippen molar-refractivity contribution in [1.29, 1.82) is 0 Å². The zero-order valence-electron chi connectivity index (χ0n) is 31.7. The summed E-state index contributed by atoms with van der Waals surface area (Å²) in [5.41, 5.74) is 0. The van der Waals surface area contributed by atoms with Crippen LogP contribution in [0.1, 0.15) is 206 Å². The predicted molar refractivity (Wildman–Crippen MR) is 205 cm³/mol. The first kappa shape index (κ1) is 46.1. The maximum Gasteiger partial charge on any atom is 0.306 e. The largest absolute Gasteiger partial charge is 0.462 e. The van der Waals surface area contributed by atoms with E-state index >= 15 is 0 Å². The fourth-order valence-electron chi connectivity index (χ4n) is 5.75. The van der Waals surface area contributed by atoms with E-state index in [1.165, 1.54) is 135 Å². The summed E-state index contributed by atoms with van der Waals surface area (Å²) < 4.78 is 10.6. The van der Waals surface area contributed by atoms with Gasteiger partial charge in [0.2, 0.25) is 0 Å². The number of carbonyl (C=O) groups is 2. The molecule has 48 heavy (non-hydrogen) atoms. The number of rotatable bonds is 37. The Labute approximate surface area is 297 Å². The van der Waals surface area contributed by atoms with Crippen LogP contribution in [0.2, 0.25) is 0 Å². The van der Waals surface area contributed by atoms with E-state index in [0.717, 1.165) is 44.9 Å². The molecular formula is C43H78O5. The fraction of sp³-hybridized carbons (Fsp3) is 0.814. The van der Waals surface area contributed by atoms with Gasteiger partial charge in [0.15, 0.2) is 6.10 Å². The predicted octanol–water partition coefficient (Wildman–Crippen LogP) is 12.8. The third kappa shape index (κ3) is 36.9. The summed E-state index contributed by atoms with van der Waals surface area (Å²) in [4.78, 5) is 24.3. The maximum absolute atomic E-state index is 12.2. The van der Waals surface area contributed by atoms with Crippen molar-refractivity contribution in [2.45, 2.75) is 213 Å². The van der Waals surface area contributed by atoms with E-state index in [0.29, 0.717) is 12.8 Å². The van der Waals surface area contributed by atoms with Crippen molar-refractivity contribution in [2.24, 2.45) is 0 Å². The van der Waals surface area contributed by atoms with Gasteiger partial charge in [-0.2, -0.15) is 0 Å². The average Bonchev–Trinajstić information content (AvgIpc) is 3.09. The molecule has 0 bridgehead atoms. The molecule has 0 fully saturated rings. The summed E-state index contributed by atoms with van der Waals surface area (Å²) >= 11 is 0. The second-order valence-electron chi connectivity index (χ2n) is 13.7. The van der Waals surface area contributed by atoms with Gasteiger partial charge in [0.05, 0.1) is 6.61 Å². The van der Waals surface area contributed by atoms with Gasteiger partial charge in [-0.25, -0.2) is 0 Å². The standard InChI is InChI=1S/C43H78O5/c1-3-5-7-9-11-13-15-17-19-20-21-22-24-25-27-29-31-33-35-37-42(45)47-40-41(39-44)48-43(46)38-36-34-32-30-28-26-23-18-16-14-12-10-8-6-4-2/h11,13-14,16-17,19,41,44H,3-10,12,15,18,20-40H2,1-2H3. The van der Waals surface area contributed by atoms with E-state index in [4.69, 9.17) is 9.47 Å². The summed E-state index contributed by atoms with van der Waals surface area (Å²) in [7, 11) is 0. The molecule has 0 aliphatic carbocycles. The minimum absolute atomic E-state index is 0.0684. The quantitative estimate of drug-likeness (QED) is 0.0403. The summed E-state index contributed by atoms with van der Waals surface area (Å²) in [5.74, 6) is -0.597. The topological polar surface area (TPSA) is 72.8 Å². The van der Waals surface area contributed by atoms with E-state index < -0.39 is 6.10 Å². The Morgan fingerprint density at radius 3 is 1.29 bits per heavy atom. The van der Waals surface area contributed by atoms with Crippen LogP contribution in [0.5, 0.6) is 0 Å². The maximum atomic E-state index is 12.2. The third-order valence-corrected chi connectivity index (χ3v) is 8.91. The van der Waals surface area contributed by atoms with Crippen LogP contribution in [-0.2, 0) is 19.1 Å². The zero-order chi connectivity index (χ0) is 35.0. The molecular weight excluding hydrogens is 596 g/mol. The highest BCUT2D eigenvalue weighted by Crippen LogP contribution is 2.14. The second kappa shape index (κ2) is 39.6. The molecule has 0 heterocycles. The van der Waals surface area contributed by atoms with Gasteiger partial charge in [0, 0.05) is 12.8 Å². The summed E-state index contributed by atoms with van der Waals surface area (Å²) in [6.45, 7) is 4.10. The van der Waals surface area contributed by atoms with Gasteiger partial charge < -0.3 is 14.6 Å². The lowest BCUT2D eigenvalue weighted by molar-refractivity contribution is -0.161. The molecule has 0 saturated heterocycles. The van der Waals surface area contributed by atoms with Crippen LogP contribution in [0.25, 0.3) is 0 Å². The van der Waals surface area contributed by atoms with Crippen molar-refractivity contribution < 1.29 is 24.2 Å². The molecule has 0 spiro atoms. The minimum Gasteiger partial charge on any atom is -0.462 e. The van der Waals surface area contributed by atoms with Crippen LogP contribution in [0.3, 0.4) is 0 Å². The summed E-state index contributed by atoms with van der Waals surface area (Å²) in [6, 6.07) is 0. The number of hydrogen-bond acceptors (Lipinski definition) is 5. The normalized spacial score (nSPS) is 12.5. The molecule has 1 N–H and O–H groups in total. The highest BCUT2D eigenvalue weighted by molar-refractivity contribution is 5.70. The molecule has 0 saturated carbocycles. The third-order valence-electron chi connectivity index (χ3n) is 8.91. The summed E-state index contributed by atoms with van der Waals surface area (Å²) in [6.07, 6.45) is 47.7. The number of allylic oxidation sites excluding steroid dienone is 6. The minimum atomic E-state index is -0.773. The first-order valence-corrected chi connectivity index (χ1v) is 20.5. The molecule has 5 heteroatoms. The van der Waals surface area contributed by atoms with Crippen molar-refractivity contribution in [3.05, 3.63) is 36.5 Å². The fourth-order valence-corrected chi connectivity index (χ4v) is 5.75. The van der Waals surface area contributed by atoms with E-state index in [2.05, 4.69) is 50.3 Å². The Morgan fingerprint density at radius 2 is 0.833 bits per heavy atom. The SMILES string of the molecule is CCCCCC=CCC=CCCCCCCCCCCCC(=O)OCC(CO)OC(=O)CCCCCCCCCC=CCCCCCC. The lowest BCUT2D eigenvalue weighted by atomic mass is 10.1. The van der Waals surface area contributed by atoms with Gasteiger partial charge in [-0.15, -0.1) is 0 Å². The van der Waals surface area contributed by atoms with Crippen LogP contribution in [0.4, 0.5) is 0 Å². The molecule has 280 valence electrons. The van der Waals surface area contributed by atoms with Crippen molar-refractivity contribution in [2.75, 3.05) is 13.2 Å². The highest BCUT2D eigenvalue weighted by Gasteiger charge is 2.16. The van der Waals surface area contributed by atoms with Gasteiger partial charge >= 0.3 is 11.9 Å². The molecule has 0 radical (unpaired) electrons. The number of esters is 2. The van der Waals surface area contributed by atoms with Gasteiger partial charge in [-0.05, 0) is 70.6 Å². The average molecular weight is 675 g/mol. The number of aliphatic hydroxyl groups is 1. The van der Waals surface area contributed by atoms with Crippen molar-refractivity contribution in [3.8, 4) is 0 Å². The Bertz CT molecular complexity index is 771. The molecule has 0 aromatic rings. The Kier molecular flexibility index (Phi) is 38.0. The zero-order valence-corrected chi connectivity index (χ0v) is 31.7. The Balaban J connectivity index is 3.54. The number of unbranched alkanes of at least 4 members (excludes halogenated alkanes) is 23. The van der Waals surface area contributed by atoms with Crippen LogP contribution in [0, 0.1) is 0 Å². The molecule has 0 rings (SSSR count). The van der Waals surface area contributed by atoms with E-state index in [1.807, 2.05) is 0 Å². The smallest absolute Gasteiger partial charge is 0.306 e. The number of hydrogen-bond donors (Lipinski definition) is 1. The van der Waals surface area contributed by atoms with E-state index in [-0.39, 0.29) is 25.2 Å². The molecule has 0 aromatic carbocycles. The van der Waals surface area contributed by atoms with Gasteiger partial charge in [-0.3, -0.25) is 9.59 Å². The molecule has 1 atom stereocenters. The number of ether oxygens (including phenoxy) is 2. The van der Waals surface area contributed by atoms with Crippen LogP contribution >= 0.6 is 0 Å². The molecule has 0 aliphatic heterocycles. The van der Waals surface area contributed by atoms with E-state index in [9.17, 15) is 14.7 Å². The highest BCUT2D eigenvalue weighted by atomic mass is 16.6. The Morgan fingerprint density at radius 1 is 0.479 bits per heavy atom. The lowest BCUT2D eigenvalue weighted by Crippen LogP contribution is -2.28. The molecule has 0 amide bonds. The van der Waals surface area contributed by atoms with Crippen molar-refractivity contribution in [1.82, 2.24) is 0 Å². The van der Waals surface area contributed by atoms with Crippen LogP contribution in [0.15, 0.2) is 36.5 Å². The summed E-state index contributed by atoms with van der Waals surface area (Å²) in [5, 5.41) is 9.56. The van der Waals surface area contributed by atoms with Gasteiger partial charge in [-0.1, -0.05) is 159 Å². The first-order valence-electron chi connectivity index (χ1n) is 20.5. The molecule has 0 aliphatic rings. The van der Waals surface area contributed by atoms with E-state index in [1.54, 1.807) is 0 Å². The van der Waals surface area contributed by atoms with Crippen LogP contribution < -0.4 is 0 Å². The molecule has 5 nitrogen and oxygen atoms in total. The first-order chi connectivity index (χ1) is 23.6. The second-order valence-corrected chi connectivity index (χ2v) is 13.7. The number of aliphatic hydroxyl groups excluding tert-OH is 1. The monoisotopic (exact) mass is 675 g/mol. The number of carbonyl (C=O) groups excluding carboxylic acids is 2. The van der Waals surface area contributed by atoms with Crippen molar-refractivity contribution >= 4 is 11.9 Å². The lowest BCUT2D eigenvalue weighted by Gasteiger charge is -2.15. The van der Waals surface area contributed by atoms with Crippen molar-refractivity contribution in [3.63, 3.8) is 0 Å². The molecule has 1 unspecified atom stereocenters.